The van der Waals surface area contributed by atoms with Gasteiger partial charge in [-0.05, 0) is 20.8 Å². The van der Waals surface area contributed by atoms with Gasteiger partial charge in [-0.3, -0.25) is 0 Å². The minimum atomic E-state index is -3.63. The lowest BCUT2D eigenvalue weighted by molar-refractivity contribution is -0.0263. The number of anilines is 1. The molecule has 0 saturated carbocycles. The van der Waals surface area contributed by atoms with Crippen LogP contribution < -0.4 is 11.2 Å². The molecule has 1 atom stereocenters. The molecule has 1 aliphatic heterocycles. The van der Waals surface area contributed by atoms with Crippen molar-refractivity contribution in [3.63, 3.8) is 0 Å². The standard InChI is InChI=1S/C13H23N5O4S2/c1-12(2,3)22-11(19)16-18-7-13(4,8-24(20,21)17(18)5)10-15-9(14)6-23-10/h6H,7-8,14H2,1-5H3,(H,16,19)/t13-/m0/s1. The second-order valence-electron chi connectivity index (χ2n) is 7.00. The Kier molecular flexibility index (Phi) is 4.83. The number of hydrazine groups is 2. The molecular weight excluding hydrogens is 354 g/mol. The van der Waals surface area contributed by atoms with Crippen molar-refractivity contribution in [2.75, 3.05) is 25.1 Å². The van der Waals surface area contributed by atoms with Crippen molar-refractivity contribution in [1.82, 2.24) is 19.9 Å². The zero-order valence-corrected chi connectivity index (χ0v) is 16.0. The van der Waals surface area contributed by atoms with E-state index in [9.17, 15) is 13.2 Å². The summed E-state index contributed by atoms with van der Waals surface area (Å²) in [5.74, 6) is 0.217. The number of hydrogen-bond donors (Lipinski definition) is 2. The number of ether oxygens (including phenoxy) is 1. The van der Waals surface area contributed by atoms with Gasteiger partial charge in [0.15, 0.2) is 0 Å². The minimum Gasteiger partial charge on any atom is -0.443 e. The fraction of sp³-hybridized carbons (Fsp3) is 0.692. The van der Waals surface area contributed by atoms with Crippen molar-refractivity contribution in [2.45, 2.75) is 38.7 Å². The van der Waals surface area contributed by atoms with E-state index < -0.39 is 27.1 Å². The topological polar surface area (TPSA) is 118 Å². The van der Waals surface area contributed by atoms with E-state index in [2.05, 4.69) is 10.4 Å². The SMILES string of the molecule is CN1N(NC(=O)OC(C)(C)C)C[C@](C)(c2nc(N)cs2)CS1(=O)=O. The quantitative estimate of drug-likeness (QED) is 0.786. The second-order valence-corrected chi connectivity index (χ2v) is 9.84. The fourth-order valence-corrected chi connectivity index (χ4v) is 4.91. The summed E-state index contributed by atoms with van der Waals surface area (Å²) < 4.78 is 31.2. The number of rotatable bonds is 2. The van der Waals surface area contributed by atoms with Gasteiger partial charge in [-0.25, -0.2) is 23.6 Å². The molecule has 1 aliphatic rings. The maximum atomic E-state index is 12.5. The summed E-state index contributed by atoms with van der Waals surface area (Å²) in [7, 11) is -2.25. The van der Waals surface area contributed by atoms with Crippen LogP contribution in [-0.2, 0) is 20.2 Å². The molecule has 24 heavy (non-hydrogen) atoms. The predicted octanol–water partition coefficient (Wildman–Crippen LogP) is 0.915. The molecule has 11 heteroatoms. The highest BCUT2D eigenvalue weighted by molar-refractivity contribution is 7.89. The molecule has 2 heterocycles. The number of sulfonamides is 1. The molecule has 1 saturated heterocycles. The number of nitrogens with two attached hydrogens (primary N) is 1. The van der Waals surface area contributed by atoms with Gasteiger partial charge >= 0.3 is 6.09 Å². The summed E-state index contributed by atoms with van der Waals surface area (Å²) in [5, 5.41) is 3.49. The zero-order valence-electron chi connectivity index (χ0n) is 14.4. The number of hydrogen-bond acceptors (Lipinski definition) is 8. The Balaban J connectivity index is 2.26. The number of carbonyl (C=O) groups excluding carboxylic acids is 1. The number of nitrogens with one attached hydrogen (secondary N) is 1. The Hall–Kier alpha value is -1.43. The minimum absolute atomic E-state index is 0.129. The van der Waals surface area contributed by atoms with Gasteiger partial charge < -0.3 is 10.5 Å². The van der Waals surface area contributed by atoms with Crippen LogP contribution in [0.2, 0.25) is 0 Å². The van der Waals surface area contributed by atoms with Crippen LogP contribution in [0.1, 0.15) is 32.7 Å². The number of nitrogens with zero attached hydrogens (tertiary/aromatic N) is 3. The molecule has 1 aromatic heterocycles. The molecule has 2 rings (SSSR count). The third-order valence-corrected chi connectivity index (χ3v) is 6.57. The molecule has 3 N–H and O–H groups in total. The smallest absolute Gasteiger partial charge is 0.423 e. The van der Waals surface area contributed by atoms with Crippen molar-refractivity contribution in [2.24, 2.45) is 0 Å². The lowest BCUT2D eigenvalue weighted by Gasteiger charge is -2.43. The maximum Gasteiger partial charge on any atom is 0.423 e. The van der Waals surface area contributed by atoms with Crippen LogP contribution in [0.25, 0.3) is 0 Å². The first-order valence-corrected chi connectivity index (χ1v) is 9.76. The van der Waals surface area contributed by atoms with E-state index in [0.717, 1.165) is 4.41 Å². The lowest BCUT2D eigenvalue weighted by atomic mass is 9.94. The van der Waals surface area contributed by atoms with Crippen LogP contribution in [0.4, 0.5) is 10.6 Å². The Labute approximate surface area is 145 Å². The Morgan fingerprint density at radius 1 is 1.50 bits per heavy atom. The average molecular weight is 377 g/mol. The number of nitrogen functional groups attached to an aromatic ring is 1. The van der Waals surface area contributed by atoms with Crippen molar-refractivity contribution in [3.05, 3.63) is 10.4 Å². The number of thiazole rings is 1. The van der Waals surface area contributed by atoms with Gasteiger partial charge in [0.1, 0.15) is 16.4 Å². The van der Waals surface area contributed by atoms with Gasteiger partial charge in [0.25, 0.3) is 0 Å². The van der Waals surface area contributed by atoms with E-state index >= 15 is 0 Å². The molecule has 0 aliphatic carbocycles. The summed E-state index contributed by atoms with van der Waals surface area (Å²) in [5.41, 5.74) is 6.64. The first-order valence-electron chi connectivity index (χ1n) is 7.28. The van der Waals surface area contributed by atoms with Crippen LogP contribution in [0.3, 0.4) is 0 Å². The van der Waals surface area contributed by atoms with Gasteiger partial charge in [-0.2, -0.15) is 0 Å². The van der Waals surface area contributed by atoms with E-state index in [-0.39, 0.29) is 12.3 Å². The Morgan fingerprint density at radius 3 is 2.62 bits per heavy atom. The molecule has 0 unspecified atom stereocenters. The van der Waals surface area contributed by atoms with Gasteiger partial charge in [-0.15, -0.1) is 20.9 Å². The van der Waals surface area contributed by atoms with Crippen molar-refractivity contribution in [3.8, 4) is 0 Å². The highest BCUT2D eigenvalue weighted by atomic mass is 32.2. The summed E-state index contributed by atoms with van der Waals surface area (Å²) in [6.07, 6.45) is -0.729. The highest BCUT2D eigenvalue weighted by Gasteiger charge is 2.46. The van der Waals surface area contributed by atoms with E-state index in [0.29, 0.717) is 10.8 Å². The molecular formula is C13H23N5O4S2. The predicted molar refractivity (Wildman–Crippen MR) is 91.5 cm³/mol. The van der Waals surface area contributed by atoms with Crippen LogP contribution in [0.5, 0.6) is 0 Å². The lowest BCUT2D eigenvalue weighted by Crippen LogP contribution is -2.64. The molecule has 1 fully saturated rings. The van der Waals surface area contributed by atoms with Crippen LogP contribution in [-0.4, -0.2) is 54.0 Å². The average Bonchev–Trinajstić information content (AvgIpc) is 2.80. The van der Waals surface area contributed by atoms with Crippen molar-refractivity contribution in [1.29, 1.82) is 0 Å². The number of aromatic nitrogens is 1. The van der Waals surface area contributed by atoms with Gasteiger partial charge in [-0.1, -0.05) is 6.92 Å². The molecule has 1 aromatic rings. The monoisotopic (exact) mass is 377 g/mol. The summed E-state index contributed by atoms with van der Waals surface area (Å²) in [6.45, 7) is 7.18. The first kappa shape index (κ1) is 18.9. The number of amides is 1. The molecule has 9 nitrogen and oxygen atoms in total. The normalized spacial score (nSPS) is 25.4. The molecule has 0 spiro atoms. The maximum absolute atomic E-state index is 12.5. The summed E-state index contributed by atoms with van der Waals surface area (Å²) >= 11 is 1.30. The van der Waals surface area contributed by atoms with Gasteiger partial charge in [0.05, 0.1) is 11.2 Å². The van der Waals surface area contributed by atoms with Gasteiger partial charge in [0, 0.05) is 19.0 Å². The van der Waals surface area contributed by atoms with Crippen molar-refractivity contribution >= 4 is 33.3 Å². The van der Waals surface area contributed by atoms with Gasteiger partial charge in [0.2, 0.25) is 10.0 Å². The van der Waals surface area contributed by atoms with Crippen molar-refractivity contribution < 1.29 is 17.9 Å². The molecule has 0 radical (unpaired) electrons. The highest BCUT2D eigenvalue weighted by Crippen LogP contribution is 2.34. The van der Waals surface area contributed by atoms with Crippen LogP contribution in [0, 0.1) is 0 Å². The fourth-order valence-electron chi connectivity index (χ4n) is 2.33. The Bertz CT molecular complexity index is 727. The molecule has 0 aromatic carbocycles. The van der Waals surface area contributed by atoms with Crippen LogP contribution in [0.15, 0.2) is 5.38 Å². The largest absolute Gasteiger partial charge is 0.443 e. The van der Waals surface area contributed by atoms with E-state index in [1.165, 1.54) is 23.5 Å². The number of carbonyl (C=O) groups is 1. The molecule has 136 valence electrons. The summed E-state index contributed by atoms with van der Waals surface area (Å²) in [6, 6.07) is 0. The Morgan fingerprint density at radius 2 is 2.12 bits per heavy atom. The van der Waals surface area contributed by atoms with E-state index in [1.807, 2.05) is 0 Å². The second kappa shape index (κ2) is 6.14. The third-order valence-electron chi connectivity index (χ3n) is 3.40. The van der Waals surface area contributed by atoms with E-state index in [4.69, 9.17) is 10.5 Å². The third kappa shape index (κ3) is 4.15. The molecule has 1 amide bonds. The van der Waals surface area contributed by atoms with Crippen LogP contribution >= 0.6 is 11.3 Å². The summed E-state index contributed by atoms with van der Waals surface area (Å²) in [4.78, 5) is 16.2. The molecule has 0 bridgehead atoms. The first-order chi connectivity index (χ1) is 10.8. The zero-order chi connectivity index (χ0) is 18.3. The van der Waals surface area contributed by atoms with E-state index in [1.54, 1.807) is 33.1 Å².